The van der Waals surface area contributed by atoms with Gasteiger partial charge < -0.3 is 24.8 Å². The maximum atomic E-state index is 10.6. The quantitative estimate of drug-likeness (QED) is 0.340. The van der Waals surface area contributed by atoms with E-state index in [4.69, 9.17) is 9.47 Å². The normalized spacial score (nSPS) is 52.0. The van der Waals surface area contributed by atoms with Gasteiger partial charge >= 0.3 is 0 Å². The van der Waals surface area contributed by atoms with Crippen molar-refractivity contribution in [2.24, 2.45) is 52.3 Å². The molecule has 0 amide bonds. The number of aliphatic hydroxyl groups is 3. The second-order valence-electron chi connectivity index (χ2n) is 15.8. The summed E-state index contributed by atoms with van der Waals surface area (Å²) >= 11 is 0. The largest absolute Gasteiger partial charge is 0.391 e. The Balaban J connectivity index is 1.26. The fourth-order valence-electron chi connectivity index (χ4n) is 11.1. The Morgan fingerprint density at radius 2 is 1.58 bits per heavy atom. The Kier molecular flexibility index (Phi) is 8.15. The number of rotatable bonds is 8. The molecule has 3 N–H and O–H groups in total. The molecule has 0 aromatic carbocycles. The molecule has 0 bridgehead atoms. The van der Waals surface area contributed by atoms with Gasteiger partial charge in [0.25, 0.3) is 0 Å². The van der Waals surface area contributed by atoms with Crippen molar-refractivity contribution in [3.63, 3.8) is 0 Å². The molecule has 0 aromatic rings. The van der Waals surface area contributed by atoms with E-state index in [0.717, 1.165) is 48.3 Å². The molecule has 14 atom stereocenters. The molecular formula is C33H58O5. The number of aliphatic hydroxyl groups excluding tert-OH is 3. The Bertz CT molecular complexity index is 830. The summed E-state index contributed by atoms with van der Waals surface area (Å²) in [4.78, 5) is 0. The van der Waals surface area contributed by atoms with Gasteiger partial charge in [-0.25, -0.2) is 0 Å². The van der Waals surface area contributed by atoms with Gasteiger partial charge in [-0.05, 0) is 117 Å². The molecule has 5 nitrogen and oxygen atoms in total. The molecule has 1 heterocycles. The van der Waals surface area contributed by atoms with Crippen LogP contribution in [0, 0.1) is 52.3 Å². The molecule has 1 aliphatic heterocycles. The summed E-state index contributed by atoms with van der Waals surface area (Å²) < 4.78 is 12.4. The van der Waals surface area contributed by atoms with E-state index in [1.807, 2.05) is 0 Å². The molecule has 38 heavy (non-hydrogen) atoms. The van der Waals surface area contributed by atoms with Gasteiger partial charge in [-0.3, -0.25) is 0 Å². The van der Waals surface area contributed by atoms with E-state index in [1.165, 1.54) is 57.8 Å². The van der Waals surface area contributed by atoms with Crippen LogP contribution in [0.15, 0.2) is 0 Å². The minimum atomic E-state index is -1.12. The number of hydrogen-bond donors (Lipinski definition) is 3. The molecule has 0 unspecified atom stereocenters. The van der Waals surface area contributed by atoms with Crippen molar-refractivity contribution in [1.82, 2.24) is 0 Å². The average molecular weight is 535 g/mol. The van der Waals surface area contributed by atoms with Crippen molar-refractivity contribution in [2.45, 2.75) is 155 Å². The van der Waals surface area contributed by atoms with Crippen molar-refractivity contribution in [3.8, 4) is 0 Å². The first-order valence-corrected chi connectivity index (χ1v) is 16.2. The summed E-state index contributed by atoms with van der Waals surface area (Å²) in [5, 5.41) is 31.0. The van der Waals surface area contributed by atoms with Crippen LogP contribution in [-0.4, -0.2) is 51.6 Å². The maximum absolute atomic E-state index is 10.6. The second kappa shape index (κ2) is 10.6. The topological polar surface area (TPSA) is 79.2 Å². The van der Waals surface area contributed by atoms with Crippen LogP contribution in [0.1, 0.15) is 119 Å². The molecule has 0 aromatic heterocycles. The summed E-state index contributed by atoms with van der Waals surface area (Å²) in [5.74, 6) is 5.64. The van der Waals surface area contributed by atoms with E-state index < -0.39 is 30.7 Å². The lowest BCUT2D eigenvalue weighted by molar-refractivity contribution is -0.229. The van der Waals surface area contributed by atoms with Crippen molar-refractivity contribution >= 4 is 0 Å². The molecule has 1 saturated heterocycles. The van der Waals surface area contributed by atoms with Gasteiger partial charge in [0, 0.05) is 0 Å². The third kappa shape index (κ3) is 4.93. The third-order valence-corrected chi connectivity index (χ3v) is 12.8. The monoisotopic (exact) mass is 534 g/mol. The fourth-order valence-corrected chi connectivity index (χ4v) is 11.1. The second-order valence-corrected chi connectivity index (χ2v) is 15.8. The summed E-state index contributed by atoms with van der Waals surface area (Å²) in [6.45, 7) is 16.3. The van der Waals surface area contributed by atoms with Crippen LogP contribution in [0.2, 0.25) is 0 Å². The Morgan fingerprint density at radius 3 is 2.24 bits per heavy atom. The third-order valence-electron chi connectivity index (χ3n) is 12.8. The summed E-state index contributed by atoms with van der Waals surface area (Å²) in [6.07, 6.45) is 9.58. The zero-order chi connectivity index (χ0) is 27.6. The number of fused-ring (bicyclic) bond motifs is 5. The minimum absolute atomic E-state index is 0.256. The van der Waals surface area contributed by atoms with E-state index in [9.17, 15) is 15.3 Å². The van der Waals surface area contributed by atoms with Gasteiger partial charge in [-0.1, -0.05) is 53.9 Å². The zero-order valence-electron chi connectivity index (χ0n) is 25.4. The first-order chi connectivity index (χ1) is 17.8. The van der Waals surface area contributed by atoms with Gasteiger partial charge in [-0.2, -0.15) is 0 Å². The smallest absolute Gasteiger partial charge is 0.187 e. The van der Waals surface area contributed by atoms with Crippen molar-refractivity contribution in [2.75, 3.05) is 0 Å². The van der Waals surface area contributed by atoms with E-state index in [-0.39, 0.29) is 11.0 Å². The molecule has 4 saturated carbocycles. The van der Waals surface area contributed by atoms with E-state index in [1.54, 1.807) is 6.92 Å². The minimum Gasteiger partial charge on any atom is -0.391 e. The zero-order valence-corrected chi connectivity index (χ0v) is 25.4. The first kappa shape index (κ1) is 29.3. The van der Waals surface area contributed by atoms with Crippen molar-refractivity contribution < 1.29 is 24.8 Å². The summed E-state index contributed by atoms with van der Waals surface area (Å²) in [6, 6.07) is 0. The predicted molar refractivity (Wildman–Crippen MR) is 150 cm³/mol. The van der Waals surface area contributed by atoms with E-state index in [0.29, 0.717) is 11.3 Å². The molecule has 5 aliphatic rings. The van der Waals surface area contributed by atoms with Gasteiger partial charge in [0.05, 0.1) is 11.7 Å². The molecule has 5 fully saturated rings. The predicted octanol–water partition coefficient (Wildman–Crippen LogP) is 6.32. The Hall–Kier alpha value is -0.200. The highest BCUT2D eigenvalue weighted by molar-refractivity contribution is 5.13. The highest BCUT2D eigenvalue weighted by Crippen LogP contribution is 2.70. The SMILES string of the molecule is CC(C)CCC[C@@H](C)[C@H]1CC[C@H]2[C@@H]3CC[C@H]4C[C@@](C)(O[C@H]5O[C@H]([C@H](C)O)[C@@H](O)[C@@H]5O)C[C@]4(C)[C@H]3CC[C@]12C. The molecule has 5 rings (SSSR count). The Morgan fingerprint density at radius 1 is 0.868 bits per heavy atom. The van der Waals surface area contributed by atoms with Gasteiger partial charge in [0.15, 0.2) is 6.29 Å². The molecule has 5 heteroatoms. The van der Waals surface area contributed by atoms with E-state index >= 15 is 0 Å². The van der Waals surface area contributed by atoms with Crippen LogP contribution in [0.25, 0.3) is 0 Å². The van der Waals surface area contributed by atoms with Crippen LogP contribution >= 0.6 is 0 Å². The number of hydrogen-bond acceptors (Lipinski definition) is 5. The lowest BCUT2D eigenvalue weighted by atomic mass is 9.47. The fraction of sp³-hybridized carbons (Fsp3) is 1.00. The first-order valence-electron chi connectivity index (χ1n) is 16.2. The van der Waals surface area contributed by atoms with Crippen LogP contribution in [0.3, 0.4) is 0 Å². The lowest BCUT2D eigenvalue weighted by Gasteiger charge is -2.58. The van der Waals surface area contributed by atoms with Crippen LogP contribution in [0.5, 0.6) is 0 Å². The van der Waals surface area contributed by atoms with Crippen molar-refractivity contribution in [1.29, 1.82) is 0 Å². The molecule has 0 radical (unpaired) electrons. The van der Waals surface area contributed by atoms with Crippen LogP contribution < -0.4 is 0 Å². The number of ether oxygens (including phenoxy) is 2. The van der Waals surface area contributed by atoms with Crippen LogP contribution in [-0.2, 0) is 9.47 Å². The Labute approximate surface area is 232 Å². The molecule has 220 valence electrons. The maximum Gasteiger partial charge on any atom is 0.187 e. The molecule has 4 aliphatic carbocycles. The molecule has 0 spiro atoms. The highest BCUT2D eigenvalue weighted by Gasteiger charge is 2.64. The van der Waals surface area contributed by atoms with Gasteiger partial charge in [0.2, 0.25) is 0 Å². The summed E-state index contributed by atoms with van der Waals surface area (Å²) in [7, 11) is 0. The standard InChI is InChI=1S/C33H58O5/c1-19(2)9-8-10-20(3)24-13-14-25-23-12-11-22-17-31(5,18-33(22,7)26(23)15-16-32(24,25)6)38-30-28(36)27(35)29(37-30)21(4)34/h19-30,34-36H,8-18H2,1-7H3/t20-,21+,22+,23+,24-,25+,26+,27+,28+,29-,30-,31-,32-,33+/m1/s1. The van der Waals surface area contributed by atoms with Gasteiger partial charge in [0.1, 0.15) is 18.3 Å². The van der Waals surface area contributed by atoms with Crippen LogP contribution in [0.4, 0.5) is 0 Å². The lowest BCUT2D eigenvalue weighted by Crippen LogP contribution is -2.51. The highest BCUT2D eigenvalue weighted by atomic mass is 16.7. The summed E-state index contributed by atoms with van der Waals surface area (Å²) in [5.41, 5.74) is 0.386. The average Bonchev–Trinajstić information content (AvgIpc) is 3.42. The molecular weight excluding hydrogens is 476 g/mol. The van der Waals surface area contributed by atoms with Crippen molar-refractivity contribution in [3.05, 3.63) is 0 Å². The van der Waals surface area contributed by atoms with Gasteiger partial charge in [-0.15, -0.1) is 0 Å². The van der Waals surface area contributed by atoms with E-state index in [2.05, 4.69) is 41.5 Å².